The minimum absolute atomic E-state index is 0.0825. The van der Waals surface area contributed by atoms with E-state index >= 15 is 0 Å². The molecule has 0 radical (unpaired) electrons. The molecule has 124 valence electrons. The Kier molecular flexibility index (Phi) is 4.14. The van der Waals surface area contributed by atoms with Gasteiger partial charge in [0.05, 0.1) is 31.0 Å². The first-order valence-electron chi connectivity index (χ1n) is 7.71. The number of carbonyl (C=O) groups is 1. The van der Waals surface area contributed by atoms with Gasteiger partial charge in [0.1, 0.15) is 0 Å². The van der Waals surface area contributed by atoms with Crippen LogP contribution in [0.4, 0.5) is 11.4 Å². The lowest BCUT2D eigenvalue weighted by Gasteiger charge is -2.28. The summed E-state index contributed by atoms with van der Waals surface area (Å²) in [5.74, 6) is -0.0825. The summed E-state index contributed by atoms with van der Waals surface area (Å²) in [5.41, 5.74) is 2.79. The second-order valence-electron chi connectivity index (χ2n) is 5.50. The van der Waals surface area contributed by atoms with Gasteiger partial charge < -0.3 is 15.0 Å². The van der Waals surface area contributed by atoms with Crippen LogP contribution in [-0.2, 0) is 16.0 Å². The van der Waals surface area contributed by atoms with Crippen LogP contribution in [0.5, 0.6) is 0 Å². The van der Waals surface area contributed by atoms with E-state index in [-0.39, 0.29) is 5.91 Å². The summed E-state index contributed by atoms with van der Waals surface area (Å²) >= 11 is 1.56. The lowest BCUT2D eigenvalue weighted by atomic mass is 10.2. The Morgan fingerprint density at radius 1 is 1.21 bits per heavy atom. The summed E-state index contributed by atoms with van der Waals surface area (Å²) in [4.78, 5) is 15.4. The number of hydrogen-bond acceptors (Lipinski definition) is 7. The molecule has 3 heterocycles. The summed E-state index contributed by atoms with van der Waals surface area (Å²) in [7, 11) is 0. The summed E-state index contributed by atoms with van der Waals surface area (Å²) in [6, 6.07) is 7.67. The number of fused-ring (bicyclic) bond motifs is 1. The van der Waals surface area contributed by atoms with Crippen molar-refractivity contribution < 1.29 is 14.2 Å². The van der Waals surface area contributed by atoms with Crippen LogP contribution in [-0.4, -0.2) is 42.5 Å². The fourth-order valence-electron chi connectivity index (χ4n) is 2.78. The van der Waals surface area contributed by atoms with Crippen molar-refractivity contribution in [3.8, 4) is 0 Å². The second kappa shape index (κ2) is 6.58. The maximum absolute atomic E-state index is 12.2. The van der Waals surface area contributed by atoms with E-state index in [1.165, 1.54) is 0 Å². The molecule has 3 aromatic rings. The Morgan fingerprint density at radius 2 is 2.04 bits per heavy atom. The van der Waals surface area contributed by atoms with Gasteiger partial charge in [-0.2, -0.15) is 0 Å². The first kappa shape index (κ1) is 15.1. The number of rotatable bonds is 4. The number of carbonyl (C=O) groups excluding carboxylic acids is 1. The molecule has 1 aliphatic heterocycles. The zero-order chi connectivity index (χ0) is 16.4. The molecule has 0 bridgehead atoms. The monoisotopic (exact) mass is 344 g/mol. The van der Waals surface area contributed by atoms with Crippen molar-refractivity contribution in [2.24, 2.45) is 0 Å². The average Bonchev–Trinajstić information content (AvgIpc) is 3.27. The Labute approximate surface area is 142 Å². The van der Waals surface area contributed by atoms with E-state index in [4.69, 9.17) is 9.37 Å². The first-order valence-corrected chi connectivity index (χ1v) is 8.59. The maximum atomic E-state index is 12.2. The quantitative estimate of drug-likeness (QED) is 0.782. The van der Waals surface area contributed by atoms with Crippen molar-refractivity contribution in [2.45, 2.75) is 6.42 Å². The normalized spacial score (nSPS) is 14.9. The molecule has 2 aromatic heterocycles. The number of nitrogens with zero attached hydrogens (tertiary/aromatic N) is 3. The molecule has 0 aliphatic carbocycles. The molecule has 1 amide bonds. The van der Waals surface area contributed by atoms with E-state index in [0.29, 0.717) is 36.4 Å². The predicted octanol–water partition coefficient (Wildman–Crippen LogP) is 2.30. The lowest BCUT2D eigenvalue weighted by Crippen LogP contribution is -2.36. The van der Waals surface area contributed by atoms with Gasteiger partial charge in [-0.3, -0.25) is 4.79 Å². The maximum Gasteiger partial charge on any atom is 0.229 e. The van der Waals surface area contributed by atoms with Crippen LogP contribution in [0.25, 0.3) is 11.0 Å². The standard InChI is InChI=1S/C16H16N4O3S/c21-14(10-11-2-1-9-24-11)17-12-3-4-13(16-15(12)18-23-19-16)20-5-7-22-8-6-20/h1-4,9H,5-8,10H2,(H,17,21). The van der Waals surface area contributed by atoms with Crippen molar-refractivity contribution in [3.05, 3.63) is 34.5 Å². The van der Waals surface area contributed by atoms with E-state index in [2.05, 4.69) is 20.5 Å². The van der Waals surface area contributed by atoms with E-state index in [9.17, 15) is 4.79 Å². The number of benzene rings is 1. The van der Waals surface area contributed by atoms with Gasteiger partial charge in [0.25, 0.3) is 0 Å². The van der Waals surface area contributed by atoms with Crippen LogP contribution in [0.3, 0.4) is 0 Å². The largest absolute Gasteiger partial charge is 0.378 e. The molecular formula is C16H16N4O3S. The third-order valence-electron chi connectivity index (χ3n) is 3.93. The third-order valence-corrected chi connectivity index (χ3v) is 4.81. The highest BCUT2D eigenvalue weighted by Gasteiger charge is 2.19. The van der Waals surface area contributed by atoms with Gasteiger partial charge >= 0.3 is 0 Å². The Bertz CT molecular complexity index is 840. The topological polar surface area (TPSA) is 80.5 Å². The molecule has 0 unspecified atom stereocenters. The second-order valence-corrected chi connectivity index (χ2v) is 6.53. The highest BCUT2D eigenvalue weighted by Crippen LogP contribution is 2.30. The van der Waals surface area contributed by atoms with Crippen LogP contribution in [0.15, 0.2) is 34.3 Å². The summed E-state index contributed by atoms with van der Waals surface area (Å²) in [6.07, 6.45) is 0.343. The van der Waals surface area contributed by atoms with Gasteiger partial charge in [-0.25, -0.2) is 4.63 Å². The Balaban J connectivity index is 1.58. The molecule has 1 fully saturated rings. The predicted molar refractivity (Wildman–Crippen MR) is 91.5 cm³/mol. The molecule has 1 aliphatic rings. The molecule has 24 heavy (non-hydrogen) atoms. The van der Waals surface area contributed by atoms with Crippen LogP contribution >= 0.6 is 11.3 Å². The molecule has 4 rings (SSSR count). The number of anilines is 2. The minimum atomic E-state index is -0.0825. The number of thiophene rings is 1. The highest BCUT2D eigenvalue weighted by atomic mass is 32.1. The minimum Gasteiger partial charge on any atom is -0.378 e. The number of morpholine rings is 1. The van der Waals surface area contributed by atoms with Gasteiger partial charge in [-0.15, -0.1) is 11.3 Å². The fourth-order valence-corrected chi connectivity index (χ4v) is 3.48. The number of aromatic nitrogens is 2. The fraction of sp³-hybridized carbons (Fsp3) is 0.312. The zero-order valence-electron chi connectivity index (χ0n) is 12.9. The molecule has 0 atom stereocenters. The zero-order valence-corrected chi connectivity index (χ0v) is 13.7. The smallest absolute Gasteiger partial charge is 0.229 e. The van der Waals surface area contributed by atoms with Gasteiger partial charge in [-0.05, 0) is 33.9 Å². The molecule has 8 heteroatoms. The van der Waals surface area contributed by atoms with Gasteiger partial charge in [0, 0.05) is 18.0 Å². The molecule has 1 aromatic carbocycles. The molecule has 0 saturated carbocycles. The Hall–Kier alpha value is -2.45. The lowest BCUT2D eigenvalue weighted by molar-refractivity contribution is -0.115. The van der Waals surface area contributed by atoms with Crippen molar-refractivity contribution >= 4 is 39.7 Å². The van der Waals surface area contributed by atoms with Crippen molar-refractivity contribution in [1.29, 1.82) is 0 Å². The third kappa shape index (κ3) is 2.98. The summed E-state index contributed by atoms with van der Waals surface area (Å²) in [6.45, 7) is 2.97. The van der Waals surface area contributed by atoms with Crippen molar-refractivity contribution in [3.63, 3.8) is 0 Å². The molecule has 1 saturated heterocycles. The number of nitrogens with one attached hydrogen (secondary N) is 1. The van der Waals surface area contributed by atoms with E-state index in [1.54, 1.807) is 11.3 Å². The van der Waals surface area contributed by atoms with Gasteiger partial charge in [0.2, 0.25) is 5.91 Å². The van der Waals surface area contributed by atoms with Crippen molar-refractivity contribution in [2.75, 3.05) is 36.5 Å². The van der Waals surface area contributed by atoms with Crippen LogP contribution < -0.4 is 10.2 Å². The van der Waals surface area contributed by atoms with Gasteiger partial charge in [0.15, 0.2) is 11.0 Å². The number of amides is 1. The Morgan fingerprint density at radius 3 is 2.83 bits per heavy atom. The van der Waals surface area contributed by atoms with E-state index in [0.717, 1.165) is 23.7 Å². The molecule has 1 N–H and O–H groups in total. The van der Waals surface area contributed by atoms with E-state index < -0.39 is 0 Å². The number of hydrogen-bond donors (Lipinski definition) is 1. The summed E-state index contributed by atoms with van der Waals surface area (Å²) in [5, 5.41) is 12.8. The molecule has 0 spiro atoms. The SMILES string of the molecule is O=C(Cc1cccs1)Nc1ccc(N2CCOCC2)c2nonc12. The van der Waals surface area contributed by atoms with Crippen LogP contribution in [0, 0.1) is 0 Å². The van der Waals surface area contributed by atoms with E-state index in [1.807, 2.05) is 29.6 Å². The molecular weight excluding hydrogens is 328 g/mol. The first-order chi connectivity index (χ1) is 11.8. The number of ether oxygens (including phenoxy) is 1. The van der Waals surface area contributed by atoms with Crippen LogP contribution in [0.1, 0.15) is 4.88 Å². The molecule has 7 nitrogen and oxygen atoms in total. The van der Waals surface area contributed by atoms with Crippen molar-refractivity contribution in [1.82, 2.24) is 10.3 Å². The van der Waals surface area contributed by atoms with Gasteiger partial charge in [-0.1, -0.05) is 6.07 Å². The average molecular weight is 344 g/mol. The van der Waals surface area contributed by atoms with Crippen LogP contribution in [0.2, 0.25) is 0 Å². The summed E-state index contributed by atoms with van der Waals surface area (Å²) < 4.78 is 10.3. The highest BCUT2D eigenvalue weighted by molar-refractivity contribution is 7.10.